The van der Waals surface area contributed by atoms with Gasteiger partial charge < -0.3 is 10.4 Å². The molecule has 0 aliphatic carbocycles. The van der Waals surface area contributed by atoms with E-state index in [1.54, 1.807) is 24.3 Å². The number of nitrogens with one attached hydrogen (secondary N) is 1. The molecular formula is C19H25N3O4. The van der Waals surface area contributed by atoms with Gasteiger partial charge in [-0.3, -0.25) is 14.2 Å². The number of aliphatic carboxylic acids is 1. The van der Waals surface area contributed by atoms with E-state index < -0.39 is 24.0 Å². The summed E-state index contributed by atoms with van der Waals surface area (Å²) in [6, 6.07) is 5.09. The van der Waals surface area contributed by atoms with E-state index in [0.717, 1.165) is 0 Å². The van der Waals surface area contributed by atoms with Gasteiger partial charge in [0.2, 0.25) is 5.91 Å². The summed E-state index contributed by atoms with van der Waals surface area (Å²) in [5.41, 5.74) is 0.236. The molecule has 1 amide bonds. The van der Waals surface area contributed by atoms with E-state index in [4.69, 9.17) is 0 Å². The van der Waals surface area contributed by atoms with Gasteiger partial charge in [-0.2, -0.15) is 0 Å². The van der Waals surface area contributed by atoms with Crippen molar-refractivity contribution in [3.8, 4) is 0 Å². The number of carboxylic acids is 1. The SMILES string of the molecule is CC(C)C[C@H](NC(=O)[C@H](C(C)C)n1cnc2ccccc2c1=O)C(=O)O. The van der Waals surface area contributed by atoms with E-state index in [0.29, 0.717) is 17.3 Å². The molecule has 1 heterocycles. The van der Waals surface area contributed by atoms with Crippen LogP contribution in [-0.4, -0.2) is 32.6 Å². The maximum atomic E-state index is 12.8. The van der Waals surface area contributed by atoms with Crippen molar-refractivity contribution in [2.24, 2.45) is 11.8 Å². The summed E-state index contributed by atoms with van der Waals surface area (Å²) in [6.45, 7) is 7.40. The molecule has 140 valence electrons. The number of amides is 1. The molecule has 1 aromatic heterocycles. The second-order valence-electron chi connectivity index (χ2n) is 7.19. The van der Waals surface area contributed by atoms with Crippen molar-refractivity contribution in [3.63, 3.8) is 0 Å². The topological polar surface area (TPSA) is 101 Å². The van der Waals surface area contributed by atoms with Crippen molar-refractivity contribution in [3.05, 3.63) is 40.9 Å². The number of benzene rings is 1. The maximum Gasteiger partial charge on any atom is 0.326 e. The number of carboxylic acid groups (broad SMARTS) is 1. The molecule has 0 spiro atoms. The molecule has 2 N–H and O–H groups in total. The van der Waals surface area contributed by atoms with Gasteiger partial charge in [0, 0.05) is 0 Å². The van der Waals surface area contributed by atoms with Crippen molar-refractivity contribution >= 4 is 22.8 Å². The highest BCUT2D eigenvalue weighted by molar-refractivity contribution is 5.86. The first kappa shape index (κ1) is 19.6. The molecule has 0 aliphatic rings. The molecule has 1 aromatic carbocycles. The predicted octanol–water partition coefficient (Wildman–Crippen LogP) is 2.21. The van der Waals surface area contributed by atoms with E-state index in [2.05, 4.69) is 10.3 Å². The van der Waals surface area contributed by atoms with Gasteiger partial charge in [0.15, 0.2) is 0 Å². The van der Waals surface area contributed by atoms with Gasteiger partial charge in [-0.15, -0.1) is 0 Å². The minimum atomic E-state index is -1.08. The predicted molar refractivity (Wildman–Crippen MR) is 98.9 cm³/mol. The number of hydrogen-bond donors (Lipinski definition) is 2. The minimum absolute atomic E-state index is 0.110. The van der Waals surface area contributed by atoms with E-state index in [9.17, 15) is 19.5 Å². The molecule has 26 heavy (non-hydrogen) atoms. The van der Waals surface area contributed by atoms with Gasteiger partial charge in [-0.1, -0.05) is 39.8 Å². The van der Waals surface area contributed by atoms with Crippen LogP contribution in [0, 0.1) is 11.8 Å². The first-order chi connectivity index (χ1) is 12.2. The lowest BCUT2D eigenvalue weighted by atomic mass is 10.00. The van der Waals surface area contributed by atoms with Crippen LogP contribution in [0.15, 0.2) is 35.4 Å². The first-order valence-corrected chi connectivity index (χ1v) is 8.71. The molecule has 7 nitrogen and oxygen atoms in total. The van der Waals surface area contributed by atoms with Gasteiger partial charge >= 0.3 is 5.97 Å². The van der Waals surface area contributed by atoms with Gasteiger partial charge in [0.1, 0.15) is 12.1 Å². The third-order valence-electron chi connectivity index (χ3n) is 4.21. The fourth-order valence-electron chi connectivity index (χ4n) is 2.98. The van der Waals surface area contributed by atoms with Gasteiger partial charge in [-0.25, -0.2) is 9.78 Å². The maximum absolute atomic E-state index is 12.8. The molecule has 0 unspecified atom stereocenters. The zero-order valence-electron chi connectivity index (χ0n) is 15.5. The molecule has 0 saturated heterocycles. The smallest absolute Gasteiger partial charge is 0.326 e. The van der Waals surface area contributed by atoms with Crippen LogP contribution >= 0.6 is 0 Å². The van der Waals surface area contributed by atoms with Crippen LogP contribution < -0.4 is 10.9 Å². The molecular weight excluding hydrogens is 334 g/mol. The molecule has 0 bridgehead atoms. The molecule has 7 heteroatoms. The Morgan fingerprint density at radius 3 is 2.42 bits per heavy atom. The number of aromatic nitrogens is 2. The molecule has 0 aliphatic heterocycles. The molecule has 2 rings (SSSR count). The van der Waals surface area contributed by atoms with Gasteiger partial charge in [-0.05, 0) is 30.4 Å². The summed E-state index contributed by atoms with van der Waals surface area (Å²) < 4.78 is 1.29. The zero-order chi connectivity index (χ0) is 19.4. The van der Waals surface area contributed by atoms with Crippen LogP contribution in [0.3, 0.4) is 0 Å². The summed E-state index contributed by atoms with van der Waals surface area (Å²) in [5, 5.41) is 12.4. The number of rotatable bonds is 7. The van der Waals surface area contributed by atoms with E-state index in [1.165, 1.54) is 10.9 Å². The Kier molecular flexibility index (Phi) is 6.13. The monoisotopic (exact) mass is 359 g/mol. The van der Waals surface area contributed by atoms with E-state index >= 15 is 0 Å². The van der Waals surface area contributed by atoms with Crippen LogP contribution in [-0.2, 0) is 9.59 Å². The molecule has 2 aromatic rings. The first-order valence-electron chi connectivity index (χ1n) is 8.71. The van der Waals surface area contributed by atoms with Crippen LogP contribution in [0.1, 0.15) is 40.2 Å². The summed E-state index contributed by atoms with van der Waals surface area (Å²) >= 11 is 0. The second-order valence-corrected chi connectivity index (χ2v) is 7.19. The average molecular weight is 359 g/mol. The number of para-hydroxylation sites is 1. The summed E-state index contributed by atoms with van der Waals surface area (Å²) in [6.07, 6.45) is 1.67. The van der Waals surface area contributed by atoms with Crippen LogP contribution in [0.2, 0.25) is 0 Å². The van der Waals surface area contributed by atoms with Crippen molar-refractivity contribution in [1.29, 1.82) is 0 Å². The zero-order valence-corrected chi connectivity index (χ0v) is 15.5. The summed E-state index contributed by atoms with van der Waals surface area (Å²) in [4.78, 5) is 41.3. The molecule has 0 fully saturated rings. The van der Waals surface area contributed by atoms with Crippen molar-refractivity contribution < 1.29 is 14.7 Å². The minimum Gasteiger partial charge on any atom is -0.480 e. The Bertz CT molecular complexity index is 857. The number of carbonyl (C=O) groups excluding carboxylic acids is 1. The number of carbonyl (C=O) groups is 2. The quantitative estimate of drug-likeness (QED) is 0.789. The molecule has 0 radical (unpaired) electrons. The fourth-order valence-corrected chi connectivity index (χ4v) is 2.98. The lowest BCUT2D eigenvalue weighted by molar-refractivity contribution is -0.143. The Morgan fingerprint density at radius 1 is 1.19 bits per heavy atom. The van der Waals surface area contributed by atoms with Gasteiger partial charge in [0.05, 0.1) is 17.2 Å². The lowest BCUT2D eigenvalue weighted by Crippen LogP contribution is -2.47. The molecule has 0 saturated carbocycles. The van der Waals surface area contributed by atoms with Crippen LogP contribution in [0.25, 0.3) is 10.9 Å². The highest BCUT2D eigenvalue weighted by Crippen LogP contribution is 2.18. The Morgan fingerprint density at radius 2 is 1.85 bits per heavy atom. The van der Waals surface area contributed by atoms with Crippen LogP contribution in [0.4, 0.5) is 0 Å². The normalized spacial score (nSPS) is 13.8. The van der Waals surface area contributed by atoms with Crippen molar-refractivity contribution in [1.82, 2.24) is 14.9 Å². The third kappa shape index (κ3) is 4.28. The average Bonchev–Trinajstić information content (AvgIpc) is 2.56. The standard InChI is InChI=1S/C19H25N3O4/c1-11(2)9-15(19(25)26)21-17(23)16(12(3)4)22-10-20-14-8-6-5-7-13(14)18(22)24/h5-8,10-12,15-16H,9H2,1-4H3,(H,21,23)(H,25,26)/t15-,16-/m0/s1. The summed E-state index contributed by atoms with van der Waals surface area (Å²) in [7, 11) is 0. The van der Waals surface area contributed by atoms with Gasteiger partial charge in [0.25, 0.3) is 5.56 Å². The van der Waals surface area contributed by atoms with Crippen molar-refractivity contribution in [2.45, 2.75) is 46.2 Å². The van der Waals surface area contributed by atoms with E-state index in [1.807, 2.05) is 27.7 Å². The second kappa shape index (κ2) is 8.12. The van der Waals surface area contributed by atoms with Crippen molar-refractivity contribution in [2.75, 3.05) is 0 Å². The molecule has 2 atom stereocenters. The van der Waals surface area contributed by atoms with Crippen LogP contribution in [0.5, 0.6) is 0 Å². The lowest BCUT2D eigenvalue weighted by Gasteiger charge is -2.25. The Hall–Kier alpha value is -2.70. The Labute approximate surface area is 152 Å². The number of fused-ring (bicyclic) bond motifs is 1. The fraction of sp³-hybridized carbons (Fsp3) is 0.474. The number of nitrogens with zero attached hydrogens (tertiary/aromatic N) is 2. The summed E-state index contributed by atoms with van der Waals surface area (Å²) in [5.74, 6) is -1.69. The van der Waals surface area contributed by atoms with E-state index in [-0.39, 0.29) is 17.4 Å². The number of hydrogen-bond acceptors (Lipinski definition) is 4. The highest BCUT2D eigenvalue weighted by atomic mass is 16.4. The third-order valence-corrected chi connectivity index (χ3v) is 4.21. The largest absolute Gasteiger partial charge is 0.480 e. The highest BCUT2D eigenvalue weighted by Gasteiger charge is 2.30. The Balaban J connectivity index is 2.40.